The predicted molar refractivity (Wildman–Crippen MR) is 81.7 cm³/mol. The fourth-order valence-electron chi connectivity index (χ4n) is 2.35. The highest BCUT2D eigenvalue weighted by Crippen LogP contribution is 2.21. The first-order valence-corrected chi connectivity index (χ1v) is 6.73. The fourth-order valence-corrected chi connectivity index (χ4v) is 2.35. The number of benzene rings is 2. The summed E-state index contributed by atoms with van der Waals surface area (Å²) in [4.78, 5) is 4.39. The van der Waals surface area contributed by atoms with Crippen LogP contribution in [-0.4, -0.2) is 19.6 Å². The minimum Gasteiger partial charge on any atom is -0.266 e. The summed E-state index contributed by atoms with van der Waals surface area (Å²) in [7, 11) is 0. The molecule has 0 saturated heterocycles. The van der Waals surface area contributed by atoms with Gasteiger partial charge in [-0.05, 0) is 5.56 Å². The molecular formula is C17H12N4. The molecule has 21 heavy (non-hydrogen) atoms. The smallest absolute Gasteiger partial charge is 0.255 e. The Morgan fingerprint density at radius 3 is 2.05 bits per heavy atom. The first-order chi connectivity index (χ1) is 10.4. The number of nitrogens with zero attached hydrogens (tertiary/aromatic N) is 4. The zero-order chi connectivity index (χ0) is 14.1. The molecule has 0 atom stereocenters. The lowest BCUT2D eigenvalue weighted by Crippen LogP contribution is -1.93. The number of rotatable bonds is 2. The Bertz CT molecular complexity index is 882. The van der Waals surface area contributed by atoms with Crippen LogP contribution >= 0.6 is 0 Å². The van der Waals surface area contributed by atoms with Crippen LogP contribution in [0.5, 0.6) is 0 Å². The van der Waals surface area contributed by atoms with Crippen LogP contribution in [-0.2, 0) is 0 Å². The SMILES string of the molecule is c1ccc(-c2cnc3nnc(-c4ccccc4)n3c2)cc1. The normalized spacial score (nSPS) is 10.9. The van der Waals surface area contributed by atoms with E-state index in [1.165, 1.54) is 0 Å². The average molecular weight is 272 g/mol. The van der Waals surface area contributed by atoms with Crippen molar-refractivity contribution >= 4 is 5.78 Å². The molecule has 100 valence electrons. The Hall–Kier alpha value is -3.01. The lowest BCUT2D eigenvalue weighted by Gasteiger charge is -2.03. The molecule has 0 saturated carbocycles. The highest BCUT2D eigenvalue weighted by Gasteiger charge is 2.09. The van der Waals surface area contributed by atoms with Crippen LogP contribution in [0, 0.1) is 0 Å². The molecule has 2 aromatic heterocycles. The first kappa shape index (κ1) is 11.8. The van der Waals surface area contributed by atoms with E-state index in [4.69, 9.17) is 0 Å². The monoisotopic (exact) mass is 272 g/mol. The Balaban J connectivity index is 1.91. The van der Waals surface area contributed by atoms with Gasteiger partial charge in [-0.25, -0.2) is 4.98 Å². The van der Waals surface area contributed by atoms with Gasteiger partial charge in [0.1, 0.15) is 0 Å². The number of fused-ring (bicyclic) bond motifs is 1. The maximum atomic E-state index is 4.39. The molecule has 0 radical (unpaired) electrons. The third-order valence-corrected chi connectivity index (χ3v) is 3.40. The van der Waals surface area contributed by atoms with Crippen molar-refractivity contribution < 1.29 is 0 Å². The van der Waals surface area contributed by atoms with Gasteiger partial charge in [-0.1, -0.05) is 60.7 Å². The summed E-state index contributed by atoms with van der Waals surface area (Å²) in [6.45, 7) is 0. The Morgan fingerprint density at radius 2 is 1.33 bits per heavy atom. The zero-order valence-electron chi connectivity index (χ0n) is 11.2. The van der Waals surface area contributed by atoms with Crippen LogP contribution in [0.2, 0.25) is 0 Å². The molecule has 2 heterocycles. The van der Waals surface area contributed by atoms with Crippen molar-refractivity contribution in [3.63, 3.8) is 0 Å². The molecule has 2 aromatic carbocycles. The van der Waals surface area contributed by atoms with E-state index in [0.717, 1.165) is 22.5 Å². The van der Waals surface area contributed by atoms with Crippen LogP contribution in [0.25, 0.3) is 28.3 Å². The molecule has 0 N–H and O–H groups in total. The summed E-state index contributed by atoms with van der Waals surface area (Å²) in [6.07, 6.45) is 3.86. The van der Waals surface area contributed by atoms with Gasteiger partial charge >= 0.3 is 0 Å². The second kappa shape index (κ2) is 4.83. The van der Waals surface area contributed by atoms with Crippen molar-refractivity contribution in [3.05, 3.63) is 73.1 Å². The van der Waals surface area contributed by atoms with Crippen LogP contribution in [0.1, 0.15) is 0 Å². The fraction of sp³-hybridized carbons (Fsp3) is 0. The first-order valence-electron chi connectivity index (χ1n) is 6.73. The minimum absolute atomic E-state index is 0.605. The third kappa shape index (κ3) is 2.07. The summed E-state index contributed by atoms with van der Waals surface area (Å²) < 4.78 is 1.93. The summed E-state index contributed by atoms with van der Waals surface area (Å²) >= 11 is 0. The van der Waals surface area contributed by atoms with Crippen LogP contribution in [0.3, 0.4) is 0 Å². The standard InChI is InChI=1S/C17H12N4/c1-3-7-13(8-4-1)15-11-18-17-20-19-16(21(17)12-15)14-9-5-2-6-10-14/h1-12H. The molecule has 0 aliphatic carbocycles. The lowest BCUT2D eigenvalue weighted by atomic mass is 10.1. The number of hydrogen-bond acceptors (Lipinski definition) is 3. The van der Waals surface area contributed by atoms with E-state index < -0.39 is 0 Å². The maximum Gasteiger partial charge on any atom is 0.255 e. The van der Waals surface area contributed by atoms with Gasteiger partial charge in [0.25, 0.3) is 5.78 Å². The van der Waals surface area contributed by atoms with Crippen LogP contribution in [0.15, 0.2) is 73.1 Å². The molecule has 4 heteroatoms. The number of hydrogen-bond donors (Lipinski definition) is 0. The van der Waals surface area contributed by atoms with E-state index in [1.54, 1.807) is 0 Å². The van der Waals surface area contributed by atoms with Crippen LogP contribution in [0.4, 0.5) is 0 Å². The molecule has 0 amide bonds. The molecule has 4 rings (SSSR count). The van der Waals surface area contributed by atoms with Crippen molar-refractivity contribution in [2.75, 3.05) is 0 Å². The second-order valence-corrected chi connectivity index (χ2v) is 4.77. The van der Waals surface area contributed by atoms with Crippen molar-refractivity contribution in [3.8, 4) is 22.5 Å². The van der Waals surface area contributed by atoms with Crippen molar-refractivity contribution in [2.24, 2.45) is 0 Å². The molecule has 0 aliphatic rings. The highest BCUT2D eigenvalue weighted by molar-refractivity contribution is 5.64. The summed E-state index contributed by atoms with van der Waals surface area (Å²) in [6, 6.07) is 20.2. The lowest BCUT2D eigenvalue weighted by molar-refractivity contribution is 1.10. The van der Waals surface area contributed by atoms with E-state index in [2.05, 4.69) is 27.3 Å². The van der Waals surface area contributed by atoms with Gasteiger partial charge in [0.05, 0.1) is 0 Å². The maximum absolute atomic E-state index is 4.39. The van der Waals surface area contributed by atoms with Gasteiger partial charge in [0.2, 0.25) is 0 Å². The third-order valence-electron chi connectivity index (χ3n) is 3.40. The van der Waals surface area contributed by atoms with E-state index in [-0.39, 0.29) is 0 Å². The molecule has 0 bridgehead atoms. The van der Waals surface area contributed by atoms with Gasteiger partial charge in [-0.15, -0.1) is 10.2 Å². The molecule has 0 spiro atoms. The predicted octanol–water partition coefficient (Wildman–Crippen LogP) is 3.46. The molecule has 0 aliphatic heterocycles. The Kier molecular flexibility index (Phi) is 2.71. The second-order valence-electron chi connectivity index (χ2n) is 4.77. The van der Waals surface area contributed by atoms with Crippen molar-refractivity contribution in [2.45, 2.75) is 0 Å². The summed E-state index contributed by atoms with van der Waals surface area (Å²) in [5, 5.41) is 8.38. The molecule has 4 nitrogen and oxygen atoms in total. The quantitative estimate of drug-likeness (QED) is 0.561. The minimum atomic E-state index is 0.605. The van der Waals surface area contributed by atoms with E-state index >= 15 is 0 Å². The van der Waals surface area contributed by atoms with Crippen LogP contribution < -0.4 is 0 Å². The number of aromatic nitrogens is 4. The van der Waals surface area contributed by atoms with E-state index in [1.807, 2.05) is 65.3 Å². The van der Waals surface area contributed by atoms with Gasteiger partial charge in [-0.2, -0.15) is 0 Å². The molecule has 4 aromatic rings. The molecular weight excluding hydrogens is 260 g/mol. The van der Waals surface area contributed by atoms with Gasteiger partial charge in [0.15, 0.2) is 5.82 Å². The van der Waals surface area contributed by atoms with E-state index in [9.17, 15) is 0 Å². The molecule has 0 fully saturated rings. The summed E-state index contributed by atoms with van der Waals surface area (Å²) in [5.41, 5.74) is 3.19. The average Bonchev–Trinajstić information content (AvgIpc) is 2.99. The van der Waals surface area contributed by atoms with Crippen molar-refractivity contribution in [1.82, 2.24) is 19.6 Å². The molecule has 0 unspecified atom stereocenters. The largest absolute Gasteiger partial charge is 0.266 e. The highest BCUT2D eigenvalue weighted by atomic mass is 15.3. The Labute approximate surface area is 121 Å². The zero-order valence-corrected chi connectivity index (χ0v) is 11.2. The topological polar surface area (TPSA) is 43.1 Å². The van der Waals surface area contributed by atoms with Gasteiger partial charge in [0, 0.05) is 23.5 Å². The van der Waals surface area contributed by atoms with Gasteiger partial charge in [-0.3, -0.25) is 4.40 Å². The van der Waals surface area contributed by atoms with Gasteiger partial charge < -0.3 is 0 Å². The summed E-state index contributed by atoms with van der Waals surface area (Å²) in [5.74, 6) is 1.41. The Morgan fingerprint density at radius 1 is 0.667 bits per heavy atom. The van der Waals surface area contributed by atoms with Crippen molar-refractivity contribution in [1.29, 1.82) is 0 Å². The van der Waals surface area contributed by atoms with E-state index in [0.29, 0.717) is 5.78 Å².